The van der Waals surface area contributed by atoms with Crippen molar-refractivity contribution in [2.75, 3.05) is 22.4 Å². The number of carbonyl (C=O) groups is 2. The summed E-state index contributed by atoms with van der Waals surface area (Å²) in [6.07, 6.45) is 2.94. The smallest absolute Gasteiger partial charge is 0.241 e. The van der Waals surface area contributed by atoms with E-state index in [0.29, 0.717) is 11.4 Å². The summed E-state index contributed by atoms with van der Waals surface area (Å²) in [4.78, 5) is 24.3. The fourth-order valence-corrected chi connectivity index (χ4v) is 3.87. The largest absolute Gasteiger partial charge is 0.350 e. The fraction of sp³-hybridized carbons (Fsp3) is 0.333. The number of hydrogen-bond acceptors (Lipinski definition) is 4. The van der Waals surface area contributed by atoms with Gasteiger partial charge in [-0.05, 0) is 49.1 Å². The van der Waals surface area contributed by atoms with Gasteiger partial charge in [0, 0.05) is 18.2 Å². The summed E-state index contributed by atoms with van der Waals surface area (Å²) < 4.78 is 25.5. The van der Waals surface area contributed by atoms with Crippen LogP contribution >= 0.6 is 0 Å². The molecule has 2 aromatic carbocycles. The van der Waals surface area contributed by atoms with Crippen LogP contribution in [-0.4, -0.2) is 33.0 Å². The van der Waals surface area contributed by atoms with Crippen molar-refractivity contribution in [3.8, 4) is 0 Å². The van der Waals surface area contributed by atoms with E-state index in [1.165, 1.54) is 0 Å². The van der Waals surface area contributed by atoms with E-state index in [0.717, 1.165) is 34.5 Å². The molecule has 0 spiro atoms. The van der Waals surface area contributed by atoms with E-state index >= 15 is 0 Å². The lowest BCUT2D eigenvalue weighted by molar-refractivity contribution is -0.120. The quantitative estimate of drug-likeness (QED) is 0.692. The maximum absolute atomic E-state index is 12.4. The Morgan fingerprint density at radius 1 is 1.10 bits per heavy atom. The zero-order chi connectivity index (χ0) is 21.0. The maximum atomic E-state index is 12.4. The number of amides is 2. The highest BCUT2D eigenvalue weighted by Crippen LogP contribution is 2.30. The summed E-state index contributed by atoms with van der Waals surface area (Å²) in [5.74, 6) is -0.277. The zero-order valence-corrected chi connectivity index (χ0v) is 17.3. The molecule has 3 rings (SSSR count). The molecule has 0 radical (unpaired) electrons. The molecular weight excluding hydrogens is 390 g/mol. The van der Waals surface area contributed by atoms with Crippen LogP contribution < -0.4 is 14.9 Å². The van der Waals surface area contributed by atoms with E-state index in [1.54, 1.807) is 43.3 Å². The van der Waals surface area contributed by atoms with Crippen LogP contribution in [0.15, 0.2) is 48.5 Å². The van der Waals surface area contributed by atoms with Crippen LogP contribution in [0.2, 0.25) is 0 Å². The van der Waals surface area contributed by atoms with Gasteiger partial charge in [-0.3, -0.25) is 13.9 Å². The molecule has 0 bridgehead atoms. The summed E-state index contributed by atoms with van der Waals surface area (Å²) in [6, 6.07) is 14.3. The van der Waals surface area contributed by atoms with Crippen molar-refractivity contribution < 1.29 is 18.0 Å². The second kappa shape index (κ2) is 8.65. The van der Waals surface area contributed by atoms with Crippen LogP contribution in [0.4, 0.5) is 11.4 Å². The summed E-state index contributed by atoms with van der Waals surface area (Å²) in [5.41, 5.74) is 2.75. The summed E-state index contributed by atoms with van der Waals surface area (Å²) in [5, 5.41) is 5.62. The van der Waals surface area contributed by atoms with Gasteiger partial charge in [0.15, 0.2) is 0 Å². The van der Waals surface area contributed by atoms with E-state index in [9.17, 15) is 18.0 Å². The van der Waals surface area contributed by atoms with Crippen LogP contribution in [0, 0.1) is 12.8 Å². The first-order valence-corrected chi connectivity index (χ1v) is 11.3. The first kappa shape index (κ1) is 20.9. The molecule has 0 unspecified atom stereocenters. The molecule has 2 amide bonds. The third kappa shape index (κ3) is 5.80. The Hall–Kier alpha value is -2.87. The average Bonchev–Trinajstić information content (AvgIpc) is 3.50. The number of benzene rings is 2. The Labute approximate surface area is 171 Å². The first-order valence-electron chi connectivity index (χ1n) is 9.44. The molecule has 1 aliphatic carbocycles. The topological polar surface area (TPSA) is 95.6 Å². The lowest BCUT2D eigenvalue weighted by Gasteiger charge is -2.23. The van der Waals surface area contributed by atoms with Gasteiger partial charge in [-0.25, -0.2) is 8.42 Å². The highest BCUT2D eigenvalue weighted by atomic mass is 32.2. The molecule has 1 aliphatic rings. The Bertz CT molecular complexity index is 1020. The van der Waals surface area contributed by atoms with Gasteiger partial charge < -0.3 is 10.6 Å². The summed E-state index contributed by atoms with van der Waals surface area (Å²) in [7, 11) is -3.62. The molecule has 2 aromatic rings. The molecule has 0 aromatic heterocycles. The number of aryl methyl sites for hydroxylation is 1. The standard InChI is InChI=1S/C21H25N3O4S/c1-15-6-3-4-9-19(15)24(29(2,27)28)14-20(25)22-13-16-7-5-8-18(12-16)23-21(26)17-10-11-17/h3-9,12,17H,10-11,13-14H2,1-2H3,(H,22,25)(H,23,26). The van der Waals surface area contributed by atoms with Crippen molar-refractivity contribution in [1.29, 1.82) is 0 Å². The van der Waals surface area contributed by atoms with Crippen molar-refractivity contribution in [2.45, 2.75) is 26.3 Å². The number of nitrogens with one attached hydrogen (secondary N) is 2. The third-order valence-corrected chi connectivity index (χ3v) is 5.83. The van der Waals surface area contributed by atoms with E-state index in [4.69, 9.17) is 0 Å². The highest BCUT2D eigenvalue weighted by molar-refractivity contribution is 7.92. The maximum Gasteiger partial charge on any atom is 0.241 e. The molecular formula is C21H25N3O4S. The molecule has 29 heavy (non-hydrogen) atoms. The fourth-order valence-electron chi connectivity index (χ4n) is 2.96. The Kier molecular flexibility index (Phi) is 6.22. The van der Waals surface area contributed by atoms with Gasteiger partial charge in [-0.2, -0.15) is 0 Å². The minimum absolute atomic E-state index is 0.0215. The van der Waals surface area contributed by atoms with E-state index in [2.05, 4.69) is 10.6 Å². The zero-order valence-electron chi connectivity index (χ0n) is 16.5. The van der Waals surface area contributed by atoms with Crippen molar-refractivity contribution in [3.05, 3.63) is 59.7 Å². The minimum Gasteiger partial charge on any atom is -0.350 e. The summed E-state index contributed by atoms with van der Waals surface area (Å²) in [6.45, 7) is 1.73. The lowest BCUT2D eigenvalue weighted by atomic mass is 10.2. The van der Waals surface area contributed by atoms with Gasteiger partial charge in [-0.1, -0.05) is 30.3 Å². The molecule has 0 heterocycles. The molecule has 0 aliphatic heterocycles. The number of rotatable bonds is 8. The van der Waals surface area contributed by atoms with Crippen LogP contribution in [0.5, 0.6) is 0 Å². The lowest BCUT2D eigenvalue weighted by Crippen LogP contribution is -2.40. The monoisotopic (exact) mass is 415 g/mol. The number of para-hydroxylation sites is 1. The Morgan fingerprint density at radius 2 is 1.83 bits per heavy atom. The van der Waals surface area contributed by atoms with Crippen molar-refractivity contribution in [1.82, 2.24) is 5.32 Å². The van der Waals surface area contributed by atoms with E-state index < -0.39 is 15.9 Å². The highest BCUT2D eigenvalue weighted by Gasteiger charge is 2.29. The SMILES string of the molecule is Cc1ccccc1N(CC(=O)NCc1cccc(NC(=O)C2CC2)c1)S(C)(=O)=O. The molecule has 154 valence electrons. The second-order valence-electron chi connectivity index (χ2n) is 7.30. The number of nitrogens with zero attached hydrogens (tertiary/aromatic N) is 1. The first-order chi connectivity index (χ1) is 13.7. The molecule has 0 saturated heterocycles. The van der Waals surface area contributed by atoms with Gasteiger partial charge in [0.05, 0.1) is 11.9 Å². The van der Waals surface area contributed by atoms with Gasteiger partial charge in [0.2, 0.25) is 21.8 Å². The van der Waals surface area contributed by atoms with Crippen molar-refractivity contribution in [3.63, 3.8) is 0 Å². The summed E-state index contributed by atoms with van der Waals surface area (Å²) >= 11 is 0. The van der Waals surface area contributed by atoms with E-state index in [1.807, 2.05) is 12.1 Å². The number of anilines is 2. The van der Waals surface area contributed by atoms with Gasteiger partial charge in [0.25, 0.3) is 0 Å². The van der Waals surface area contributed by atoms with Gasteiger partial charge >= 0.3 is 0 Å². The molecule has 1 fully saturated rings. The third-order valence-electron chi connectivity index (χ3n) is 4.70. The Morgan fingerprint density at radius 3 is 2.48 bits per heavy atom. The van der Waals surface area contributed by atoms with Crippen LogP contribution in [-0.2, 0) is 26.2 Å². The van der Waals surface area contributed by atoms with Gasteiger partial charge in [-0.15, -0.1) is 0 Å². The van der Waals surface area contributed by atoms with Crippen LogP contribution in [0.1, 0.15) is 24.0 Å². The van der Waals surface area contributed by atoms with E-state index in [-0.39, 0.29) is 24.9 Å². The molecule has 2 N–H and O–H groups in total. The predicted octanol–water partition coefficient (Wildman–Crippen LogP) is 2.43. The molecule has 1 saturated carbocycles. The second-order valence-corrected chi connectivity index (χ2v) is 9.20. The molecule has 0 atom stereocenters. The Balaban J connectivity index is 1.62. The normalized spacial score (nSPS) is 13.6. The average molecular weight is 416 g/mol. The number of hydrogen-bond donors (Lipinski definition) is 2. The minimum atomic E-state index is -3.62. The molecule has 7 nitrogen and oxygen atoms in total. The van der Waals surface area contributed by atoms with Crippen molar-refractivity contribution in [2.24, 2.45) is 5.92 Å². The number of carbonyl (C=O) groups excluding carboxylic acids is 2. The predicted molar refractivity (Wildman–Crippen MR) is 113 cm³/mol. The number of sulfonamides is 1. The molecule has 8 heteroatoms. The van der Waals surface area contributed by atoms with Gasteiger partial charge in [0.1, 0.15) is 6.54 Å². The van der Waals surface area contributed by atoms with Crippen molar-refractivity contribution >= 4 is 33.2 Å². The van der Waals surface area contributed by atoms with Crippen LogP contribution in [0.3, 0.4) is 0 Å². The van der Waals surface area contributed by atoms with Crippen LogP contribution in [0.25, 0.3) is 0 Å².